The lowest BCUT2D eigenvalue weighted by Gasteiger charge is -2.17. The molecule has 1 aromatic rings. The zero-order chi connectivity index (χ0) is 14.0. The highest BCUT2D eigenvalue weighted by atomic mass is 32.1. The van der Waals surface area contributed by atoms with Gasteiger partial charge in [-0.2, -0.15) is 5.26 Å². The van der Waals surface area contributed by atoms with E-state index in [1.165, 1.54) is 0 Å². The van der Waals surface area contributed by atoms with Crippen LogP contribution in [0.2, 0.25) is 0 Å². The molecule has 1 aromatic carbocycles. The normalized spacial score (nSPS) is 15.1. The number of hydrogen-bond acceptors (Lipinski definition) is 3. The summed E-state index contributed by atoms with van der Waals surface area (Å²) >= 11 is 5.17. The smallest absolute Gasteiger partial charge is 0.144 e. The molecule has 0 unspecified atom stereocenters. The molecule has 0 bridgehead atoms. The number of dihydropyridines is 1. The van der Waals surface area contributed by atoms with Gasteiger partial charge < -0.3 is 4.90 Å². The van der Waals surface area contributed by atoms with Crippen LogP contribution in [0.3, 0.4) is 0 Å². The highest BCUT2D eigenvalue weighted by Crippen LogP contribution is 2.28. The summed E-state index contributed by atoms with van der Waals surface area (Å²) in [6.45, 7) is 1.94. The molecular formula is C15H15N3S. The van der Waals surface area contributed by atoms with Gasteiger partial charge in [0, 0.05) is 31.9 Å². The number of aliphatic imine (C=N–C) groups is 1. The Hall–Kier alpha value is -1.99. The summed E-state index contributed by atoms with van der Waals surface area (Å²) in [6.07, 6.45) is 0.685. The van der Waals surface area contributed by atoms with Crippen LogP contribution in [0.1, 0.15) is 18.9 Å². The highest BCUT2D eigenvalue weighted by Gasteiger charge is 2.19. The molecule has 0 spiro atoms. The molecule has 0 aliphatic carbocycles. The standard InChI is InChI=1S/C15H15N3S/c1-10-8-13(14(9-16)15(19)17-10)11-4-6-12(7-5-11)18(2)3/h4-7H,8H2,1-3H3. The van der Waals surface area contributed by atoms with Gasteiger partial charge in [0.25, 0.3) is 0 Å². The van der Waals surface area contributed by atoms with Gasteiger partial charge in [0.1, 0.15) is 11.1 Å². The summed E-state index contributed by atoms with van der Waals surface area (Å²) in [5.41, 5.74) is 4.63. The van der Waals surface area contributed by atoms with Crippen LogP contribution in [0.25, 0.3) is 5.57 Å². The second kappa shape index (κ2) is 5.33. The van der Waals surface area contributed by atoms with E-state index < -0.39 is 0 Å². The third-order valence-electron chi connectivity index (χ3n) is 3.08. The van der Waals surface area contributed by atoms with E-state index in [0.717, 1.165) is 22.5 Å². The van der Waals surface area contributed by atoms with Crippen molar-refractivity contribution in [2.45, 2.75) is 13.3 Å². The topological polar surface area (TPSA) is 39.4 Å². The van der Waals surface area contributed by atoms with E-state index in [1.54, 1.807) is 0 Å². The minimum absolute atomic E-state index is 0.401. The molecule has 19 heavy (non-hydrogen) atoms. The molecule has 0 atom stereocenters. The number of allylic oxidation sites excluding steroid dienone is 1. The molecular weight excluding hydrogens is 254 g/mol. The Morgan fingerprint density at radius 2 is 1.89 bits per heavy atom. The first-order valence-electron chi connectivity index (χ1n) is 6.02. The maximum atomic E-state index is 9.25. The van der Waals surface area contributed by atoms with Crippen molar-refractivity contribution in [3.63, 3.8) is 0 Å². The van der Waals surface area contributed by atoms with Crippen LogP contribution in [-0.2, 0) is 0 Å². The van der Waals surface area contributed by atoms with Crippen LogP contribution in [0.4, 0.5) is 5.69 Å². The van der Waals surface area contributed by atoms with E-state index in [4.69, 9.17) is 12.2 Å². The third-order valence-corrected chi connectivity index (χ3v) is 3.38. The first-order chi connectivity index (χ1) is 9.02. The number of thiocarbonyl (C=S) groups is 1. The minimum Gasteiger partial charge on any atom is -0.378 e. The molecule has 0 aromatic heterocycles. The van der Waals surface area contributed by atoms with E-state index >= 15 is 0 Å². The molecule has 4 heteroatoms. The van der Waals surface area contributed by atoms with Gasteiger partial charge in [-0.3, -0.25) is 0 Å². The molecule has 1 aliphatic rings. The molecule has 1 heterocycles. The van der Waals surface area contributed by atoms with Gasteiger partial charge in [-0.1, -0.05) is 24.4 Å². The van der Waals surface area contributed by atoms with Crippen molar-refractivity contribution >= 4 is 34.2 Å². The second-order valence-electron chi connectivity index (χ2n) is 4.74. The molecule has 0 saturated carbocycles. The number of rotatable bonds is 2. The Kier molecular flexibility index (Phi) is 3.77. The average molecular weight is 269 g/mol. The zero-order valence-corrected chi connectivity index (χ0v) is 12.1. The van der Waals surface area contributed by atoms with E-state index in [0.29, 0.717) is 17.0 Å². The summed E-state index contributed by atoms with van der Waals surface area (Å²) in [5.74, 6) is 0. The zero-order valence-electron chi connectivity index (χ0n) is 11.3. The Morgan fingerprint density at radius 3 is 2.42 bits per heavy atom. The van der Waals surface area contributed by atoms with Crippen LogP contribution >= 0.6 is 12.2 Å². The van der Waals surface area contributed by atoms with Crippen LogP contribution < -0.4 is 4.90 Å². The summed E-state index contributed by atoms with van der Waals surface area (Å²) < 4.78 is 0. The average Bonchev–Trinajstić information content (AvgIpc) is 2.38. The Morgan fingerprint density at radius 1 is 1.26 bits per heavy atom. The molecule has 0 radical (unpaired) electrons. The highest BCUT2D eigenvalue weighted by molar-refractivity contribution is 7.80. The van der Waals surface area contributed by atoms with Gasteiger partial charge in [0.2, 0.25) is 0 Å². The van der Waals surface area contributed by atoms with E-state index in [1.807, 2.05) is 50.2 Å². The van der Waals surface area contributed by atoms with Gasteiger partial charge in [-0.05, 0) is 30.2 Å². The van der Waals surface area contributed by atoms with Crippen molar-refractivity contribution in [3.05, 3.63) is 35.4 Å². The van der Waals surface area contributed by atoms with Crippen molar-refractivity contribution in [1.82, 2.24) is 0 Å². The van der Waals surface area contributed by atoms with Crippen LogP contribution in [0.5, 0.6) is 0 Å². The van der Waals surface area contributed by atoms with Crippen LogP contribution in [0.15, 0.2) is 34.8 Å². The molecule has 0 N–H and O–H groups in total. The molecule has 0 fully saturated rings. The Balaban J connectivity index is 2.45. The van der Waals surface area contributed by atoms with Crippen molar-refractivity contribution in [3.8, 4) is 6.07 Å². The molecule has 1 aliphatic heterocycles. The molecule has 0 amide bonds. The fourth-order valence-electron chi connectivity index (χ4n) is 2.06. The predicted octanol–water partition coefficient (Wildman–Crippen LogP) is 3.22. The lowest BCUT2D eigenvalue weighted by atomic mass is 9.93. The van der Waals surface area contributed by atoms with Gasteiger partial charge in [-0.15, -0.1) is 0 Å². The number of anilines is 1. The first-order valence-corrected chi connectivity index (χ1v) is 6.43. The Labute approximate surface area is 118 Å². The summed E-state index contributed by atoms with van der Waals surface area (Å²) in [6, 6.07) is 10.3. The van der Waals surface area contributed by atoms with Crippen molar-refractivity contribution in [1.29, 1.82) is 5.26 Å². The van der Waals surface area contributed by atoms with Gasteiger partial charge >= 0.3 is 0 Å². The van der Waals surface area contributed by atoms with Crippen LogP contribution in [-0.4, -0.2) is 24.8 Å². The fourth-order valence-corrected chi connectivity index (χ4v) is 2.39. The lowest BCUT2D eigenvalue weighted by Crippen LogP contribution is -2.11. The summed E-state index contributed by atoms with van der Waals surface area (Å²) in [4.78, 5) is 6.66. The predicted molar refractivity (Wildman–Crippen MR) is 83.6 cm³/mol. The van der Waals surface area contributed by atoms with Crippen molar-refractivity contribution in [2.24, 2.45) is 4.99 Å². The van der Waals surface area contributed by atoms with Crippen molar-refractivity contribution < 1.29 is 0 Å². The van der Waals surface area contributed by atoms with Gasteiger partial charge in [-0.25, -0.2) is 4.99 Å². The molecule has 3 nitrogen and oxygen atoms in total. The third kappa shape index (κ3) is 2.72. The molecule has 96 valence electrons. The van der Waals surface area contributed by atoms with E-state index in [9.17, 15) is 5.26 Å². The largest absolute Gasteiger partial charge is 0.378 e. The maximum Gasteiger partial charge on any atom is 0.144 e. The second-order valence-corrected chi connectivity index (χ2v) is 5.12. The monoisotopic (exact) mass is 269 g/mol. The number of nitrogens with zero attached hydrogens (tertiary/aromatic N) is 3. The number of nitriles is 1. The maximum absolute atomic E-state index is 9.25. The van der Waals surface area contributed by atoms with Crippen molar-refractivity contribution in [2.75, 3.05) is 19.0 Å². The quantitative estimate of drug-likeness (QED) is 0.774. The minimum atomic E-state index is 0.401. The lowest BCUT2D eigenvalue weighted by molar-refractivity contribution is 1.13. The first kappa shape index (κ1) is 13.4. The van der Waals surface area contributed by atoms with E-state index in [2.05, 4.69) is 11.1 Å². The molecule has 2 rings (SSSR count). The Bertz CT molecular complexity index is 616. The summed E-state index contributed by atoms with van der Waals surface area (Å²) in [5, 5.41) is 9.25. The van der Waals surface area contributed by atoms with E-state index in [-0.39, 0.29) is 0 Å². The SMILES string of the molecule is CC1=NC(=S)C(C#N)=C(c2ccc(N(C)C)cc2)C1. The van der Waals surface area contributed by atoms with Crippen LogP contribution in [0, 0.1) is 11.3 Å². The van der Waals surface area contributed by atoms with Gasteiger partial charge in [0.05, 0.1) is 5.57 Å². The molecule has 0 saturated heterocycles. The number of hydrogen-bond donors (Lipinski definition) is 0. The fraction of sp³-hybridized carbons (Fsp3) is 0.267. The summed E-state index contributed by atoms with van der Waals surface area (Å²) in [7, 11) is 4.00. The number of benzene rings is 1. The van der Waals surface area contributed by atoms with Gasteiger partial charge in [0.15, 0.2) is 0 Å².